The van der Waals surface area contributed by atoms with Crippen molar-refractivity contribution < 1.29 is 14.3 Å². The third-order valence-corrected chi connectivity index (χ3v) is 2.26. The lowest BCUT2D eigenvalue weighted by molar-refractivity contribution is -0.104. The van der Waals surface area contributed by atoms with Crippen LogP contribution in [0.5, 0.6) is 5.88 Å². The van der Waals surface area contributed by atoms with E-state index in [4.69, 9.17) is 9.47 Å². The molecule has 1 rings (SSSR count). The van der Waals surface area contributed by atoms with E-state index >= 15 is 0 Å². The number of methoxy groups -OCH3 is 1. The number of pyridine rings is 1. The molecule has 0 fully saturated rings. The maximum absolute atomic E-state index is 10.8. The summed E-state index contributed by atoms with van der Waals surface area (Å²) in [4.78, 5) is 25.2. The lowest BCUT2D eigenvalue weighted by Gasteiger charge is -1.99. The molecule has 0 unspecified atom stereocenters. The number of allylic oxidation sites excluding steroid dienone is 5. The Kier molecular flexibility index (Phi) is 6.40. The lowest BCUT2D eigenvalue weighted by atomic mass is 10.2. The molecule has 0 aliphatic heterocycles. The summed E-state index contributed by atoms with van der Waals surface area (Å²) in [7, 11) is 1.54. The highest BCUT2D eigenvalue weighted by Crippen LogP contribution is 2.23. The van der Waals surface area contributed by atoms with Crippen LogP contribution in [-0.2, 0) is 9.53 Å². The highest BCUT2D eigenvalue weighted by atomic mass is 16.5. The molecule has 0 saturated carbocycles. The Morgan fingerprint density at radius 3 is 2.85 bits per heavy atom. The van der Waals surface area contributed by atoms with Crippen molar-refractivity contribution in [3.63, 3.8) is 0 Å². The molecule has 6 nitrogen and oxygen atoms in total. The number of aromatic nitrogens is 1. The van der Waals surface area contributed by atoms with Gasteiger partial charge in [-0.1, -0.05) is 0 Å². The van der Waals surface area contributed by atoms with Crippen molar-refractivity contribution in [1.82, 2.24) is 4.98 Å². The van der Waals surface area contributed by atoms with Gasteiger partial charge < -0.3 is 9.47 Å². The van der Waals surface area contributed by atoms with Crippen LogP contribution in [0, 0.1) is 4.91 Å². The number of hydrogen-bond acceptors (Lipinski definition) is 6. The molecule has 6 heteroatoms. The van der Waals surface area contributed by atoms with Crippen LogP contribution in [-0.4, -0.2) is 18.4 Å². The van der Waals surface area contributed by atoms with Crippen molar-refractivity contribution in [3.8, 4) is 5.88 Å². The van der Waals surface area contributed by atoms with E-state index in [1.165, 1.54) is 31.7 Å². The van der Waals surface area contributed by atoms with Crippen LogP contribution in [0.3, 0.4) is 0 Å². The van der Waals surface area contributed by atoms with E-state index in [9.17, 15) is 9.70 Å². The van der Waals surface area contributed by atoms with Crippen LogP contribution in [0.4, 0.5) is 5.69 Å². The average molecular weight is 274 g/mol. The first-order valence-electron chi connectivity index (χ1n) is 5.70. The highest BCUT2D eigenvalue weighted by molar-refractivity contribution is 5.77. The predicted octanol–water partition coefficient (Wildman–Crippen LogP) is 3.05. The largest absolute Gasteiger partial charge is 0.501 e. The highest BCUT2D eigenvalue weighted by Gasteiger charge is 2.02. The molecule has 20 heavy (non-hydrogen) atoms. The SMILES string of the molecule is CO/C(C)=C/C=C(C=O)\C=C\Oc1ncccc1N=O. The zero-order valence-electron chi connectivity index (χ0n) is 11.1. The summed E-state index contributed by atoms with van der Waals surface area (Å²) >= 11 is 0. The van der Waals surface area contributed by atoms with Crippen molar-refractivity contribution >= 4 is 12.0 Å². The fraction of sp³-hybridized carbons (Fsp3) is 0.143. The maximum atomic E-state index is 10.8. The standard InChI is InChI=1S/C14H14N2O4/c1-11(19-2)5-6-12(10-17)7-9-20-14-13(16-18)4-3-8-15-14/h3-10H,1-2H3/b9-7+,11-5+,12-6+. The molecule has 104 valence electrons. The number of aldehydes is 1. The minimum atomic E-state index is 0.0765. The first kappa shape index (κ1) is 15.3. The molecule has 0 amide bonds. The summed E-state index contributed by atoms with van der Waals surface area (Å²) in [5, 5.41) is 2.78. The van der Waals surface area contributed by atoms with Crippen molar-refractivity contribution in [2.75, 3.05) is 7.11 Å². The molecule has 0 spiro atoms. The Labute approximate surface area is 116 Å². The monoisotopic (exact) mass is 274 g/mol. The Bertz CT molecular complexity index is 562. The van der Waals surface area contributed by atoms with E-state index in [2.05, 4.69) is 10.2 Å². The summed E-state index contributed by atoms with van der Waals surface area (Å²) in [6, 6.07) is 3.05. The van der Waals surface area contributed by atoms with Gasteiger partial charge in [0.2, 0.25) is 5.88 Å². The Balaban J connectivity index is 2.76. The topological polar surface area (TPSA) is 77.8 Å². The third-order valence-electron chi connectivity index (χ3n) is 2.26. The van der Waals surface area contributed by atoms with Gasteiger partial charge in [0, 0.05) is 11.8 Å². The van der Waals surface area contributed by atoms with Crippen molar-refractivity contribution in [3.05, 3.63) is 59.1 Å². The lowest BCUT2D eigenvalue weighted by Crippen LogP contribution is -1.88. The average Bonchev–Trinajstić information content (AvgIpc) is 2.50. The third kappa shape index (κ3) is 4.85. The molecule has 1 heterocycles. The second-order valence-corrected chi connectivity index (χ2v) is 3.61. The molecule has 0 aliphatic rings. The zero-order valence-corrected chi connectivity index (χ0v) is 11.1. The van der Waals surface area contributed by atoms with Gasteiger partial charge >= 0.3 is 0 Å². The maximum Gasteiger partial charge on any atom is 0.248 e. The quantitative estimate of drug-likeness (QED) is 0.251. The first-order chi connectivity index (χ1) is 9.71. The zero-order chi connectivity index (χ0) is 14.8. The molecule has 0 bridgehead atoms. The van der Waals surface area contributed by atoms with Crippen LogP contribution in [0.2, 0.25) is 0 Å². The molecule has 1 aromatic rings. The normalized spacial score (nSPS) is 12.3. The summed E-state index contributed by atoms with van der Waals surface area (Å²) < 4.78 is 10.1. The molecule has 0 aromatic carbocycles. The summed E-state index contributed by atoms with van der Waals surface area (Å²) in [6.45, 7) is 1.76. The van der Waals surface area contributed by atoms with Gasteiger partial charge in [-0.3, -0.25) is 4.79 Å². The van der Waals surface area contributed by atoms with Gasteiger partial charge in [-0.05, 0) is 42.5 Å². The molecular formula is C14H14N2O4. The van der Waals surface area contributed by atoms with Gasteiger partial charge in [-0.25, -0.2) is 4.98 Å². The van der Waals surface area contributed by atoms with Crippen LogP contribution < -0.4 is 4.74 Å². The summed E-state index contributed by atoms with van der Waals surface area (Å²) in [5.74, 6) is 0.739. The van der Waals surface area contributed by atoms with Gasteiger partial charge in [0.15, 0.2) is 5.69 Å². The molecule has 0 N–H and O–H groups in total. The Hall–Kier alpha value is -2.76. The number of hydrogen-bond donors (Lipinski definition) is 0. The van der Waals surface area contributed by atoms with Crippen LogP contribution in [0.15, 0.2) is 59.3 Å². The number of nitrogens with zero attached hydrogens (tertiary/aromatic N) is 2. The minimum absolute atomic E-state index is 0.0765. The number of rotatable bonds is 7. The van der Waals surface area contributed by atoms with Crippen molar-refractivity contribution in [2.45, 2.75) is 6.92 Å². The van der Waals surface area contributed by atoms with Crippen LogP contribution in [0.25, 0.3) is 0 Å². The molecular weight excluding hydrogens is 260 g/mol. The molecule has 0 atom stereocenters. The molecule has 1 aromatic heterocycles. The fourth-order valence-corrected chi connectivity index (χ4v) is 1.14. The van der Waals surface area contributed by atoms with Gasteiger partial charge in [0.25, 0.3) is 0 Å². The summed E-state index contributed by atoms with van der Waals surface area (Å²) in [6.07, 6.45) is 8.05. The Morgan fingerprint density at radius 1 is 1.40 bits per heavy atom. The molecule has 0 aliphatic carbocycles. The number of nitroso groups, excluding NO2 is 1. The van der Waals surface area contributed by atoms with Crippen LogP contribution >= 0.6 is 0 Å². The van der Waals surface area contributed by atoms with E-state index in [0.717, 1.165) is 0 Å². The summed E-state index contributed by atoms with van der Waals surface area (Å²) in [5.41, 5.74) is 0.460. The van der Waals surface area contributed by atoms with E-state index < -0.39 is 0 Å². The predicted molar refractivity (Wildman–Crippen MR) is 74.4 cm³/mol. The van der Waals surface area contributed by atoms with Gasteiger partial charge in [-0.15, -0.1) is 4.91 Å². The van der Waals surface area contributed by atoms with Gasteiger partial charge in [-0.2, -0.15) is 0 Å². The van der Waals surface area contributed by atoms with Crippen molar-refractivity contribution in [1.29, 1.82) is 0 Å². The van der Waals surface area contributed by atoms with Gasteiger partial charge in [0.1, 0.15) is 6.29 Å². The smallest absolute Gasteiger partial charge is 0.248 e. The Morgan fingerprint density at radius 2 is 2.20 bits per heavy atom. The first-order valence-corrected chi connectivity index (χ1v) is 5.70. The van der Waals surface area contributed by atoms with Crippen LogP contribution in [0.1, 0.15) is 6.92 Å². The van der Waals surface area contributed by atoms with Crippen molar-refractivity contribution in [2.24, 2.45) is 5.18 Å². The fourth-order valence-electron chi connectivity index (χ4n) is 1.14. The van der Waals surface area contributed by atoms with E-state index in [-0.39, 0.29) is 11.6 Å². The molecule has 0 radical (unpaired) electrons. The van der Waals surface area contributed by atoms with E-state index in [1.54, 1.807) is 25.1 Å². The van der Waals surface area contributed by atoms with E-state index in [1.807, 2.05) is 0 Å². The molecule has 0 saturated heterocycles. The number of carbonyl (C=O) groups excluding carboxylic acids is 1. The second-order valence-electron chi connectivity index (χ2n) is 3.61. The number of carbonyl (C=O) groups is 1. The minimum Gasteiger partial charge on any atom is -0.501 e. The van der Waals surface area contributed by atoms with E-state index in [0.29, 0.717) is 17.6 Å². The second kappa shape index (κ2) is 8.36. The number of ether oxygens (including phenoxy) is 2. The van der Waals surface area contributed by atoms with Gasteiger partial charge in [0.05, 0.1) is 19.1 Å².